The first-order valence-corrected chi connectivity index (χ1v) is 6.17. The quantitative estimate of drug-likeness (QED) is 0.741. The monoisotopic (exact) mass is 240 g/mol. The summed E-state index contributed by atoms with van der Waals surface area (Å²) in [6.07, 6.45) is 3.20. The van der Waals surface area contributed by atoms with Gasteiger partial charge in [0.2, 0.25) is 5.91 Å². The van der Waals surface area contributed by atoms with Crippen LogP contribution in [0.25, 0.3) is 0 Å². The number of rotatable bonds is 4. The third kappa shape index (κ3) is 3.07. The van der Waals surface area contributed by atoms with Gasteiger partial charge in [-0.1, -0.05) is 6.08 Å². The fourth-order valence-electron chi connectivity index (χ4n) is 2.34. The molecule has 0 bridgehead atoms. The Bertz CT molecular complexity index is 289. The van der Waals surface area contributed by atoms with Crippen LogP contribution in [0.5, 0.6) is 0 Å². The van der Waals surface area contributed by atoms with Gasteiger partial charge in [0.25, 0.3) is 0 Å². The van der Waals surface area contributed by atoms with Crippen LogP contribution in [0.3, 0.4) is 0 Å². The Morgan fingerprint density at radius 1 is 1.59 bits per heavy atom. The van der Waals surface area contributed by atoms with E-state index in [1.165, 1.54) is 0 Å². The predicted octanol–water partition coefficient (Wildman–Crippen LogP) is 0.866. The van der Waals surface area contributed by atoms with Gasteiger partial charge in [-0.15, -0.1) is 6.58 Å². The van der Waals surface area contributed by atoms with E-state index in [9.17, 15) is 4.79 Å². The fourth-order valence-corrected chi connectivity index (χ4v) is 2.34. The molecule has 0 aromatic rings. The Kier molecular flexibility index (Phi) is 4.71. The zero-order chi connectivity index (χ0) is 13.1. The van der Waals surface area contributed by atoms with Crippen LogP contribution in [0, 0.1) is 0 Å². The molecule has 0 saturated carbocycles. The molecule has 0 aromatic carbocycles. The van der Waals surface area contributed by atoms with Crippen molar-refractivity contribution < 1.29 is 9.90 Å². The first kappa shape index (κ1) is 14.2. The molecule has 0 aromatic heterocycles. The molecular weight excluding hydrogens is 216 g/mol. The van der Waals surface area contributed by atoms with Crippen molar-refractivity contribution in [1.82, 2.24) is 9.80 Å². The molecule has 1 rings (SSSR count). The second kappa shape index (κ2) is 5.65. The number of aliphatic hydroxyl groups excluding tert-OH is 1. The number of carbonyl (C=O) groups is 1. The summed E-state index contributed by atoms with van der Waals surface area (Å²) in [5, 5.41) is 9.07. The summed E-state index contributed by atoms with van der Waals surface area (Å²) in [6, 6.07) is -0.207. The van der Waals surface area contributed by atoms with Crippen molar-refractivity contribution in [3.8, 4) is 0 Å². The lowest BCUT2D eigenvalue weighted by Gasteiger charge is -2.37. The van der Waals surface area contributed by atoms with Gasteiger partial charge in [-0.2, -0.15) is 0 Å². The van der Waals surface area contributed by atoms with Crippen LogP contribution < -0.4 is 0 Å². The van der Waals surface area contributed by atoms with Crippen molar-refractivity contribution in [3.63, 3.8) is 0 Å². The minimum atomic E-state index is -0.207. The molecule has 1 amide bonds. The molecule has 98 valence electrons. The third-order valence-corrected chi connectivity index (χ3v) is 3.60. The summed E-state index contributed by atoms with van der Waals surface area (Å²) in [6.45, 7) is 9.38. The van der Waals surface area contributed by atoms with E-state index in [-0.39, 0.29) is 24.1 Å². The molecule has 1 aliphatic rings. The predicted molar refractivity (Wildman–Crippen MR) is 68.7 cm³/mol. The smallest absolute Gasteiger partial charge is 0.240 e. The Morgan fingerprint density at radius 3 is 2.76 bits per heavy atom. The molecule has 4 nitrogen and oxygen atoms in total. The van der Waals surface area contributed by atoms with Crippen LogP contribution >= 0.6 is 0 Å². The zero-order valence-electron chi connectivity index (χ0n) is 11.1. The second-order valence-electron chi connectivity index (χ2n) is 5.31. The highest BCUT2D eigenvalue weighted by atomic mass is 16.3. The van der Waals surface area contributed by atoms with Gasteiger partial charge < -0.3 is 10.0 Å². The number of carbonyl (C=O) groups excluding carboxylic acids is 1. The summed E-state index contributed by atoms with van der Waals surface area (Å²) in [5.74, 6) is 0.101. The van der Waals surface area contributed by atoms with Gasteiger partial charge in [0.05, 0.1) is 6.04 Å². The molecule has 1 unspecified atom stereocenters. The average Bonchev–Trinajstić information content (AvgIpc) is 2.34. The maximum Gasteiger partial charge on any atom is 0.240 e. The zero-order valence-corrected chi connectivity index (χ0v) is 11.1. The Balaban J connectivity index is 2.97. The lowest BCUT2D eigenvalue weighted by atomic mass is 9.98. The number of aliphatic hydroxyl groups is 1. The van der Waals surface area contributed by atoms with E-state index in [4.69, 9.17) is 5.11 Å². The maximum absolute atomic E-state index is 12.5. The first-order valence-electron chi connectivity index (χ1n) is 6.17. The minimum Gasteiger partial charge on any atom is -0.396 e. The standard InChI is InChI=1S/C13H24N2O2/c1-5-8-15-12(17)11(6-10-16)14(4)9-7-13(15,2)3/h5,11,16H,1,6-10H2,2-4H3. The molecule has 4 heteroatoms. The van der Waals surface area contributed by atoms with Gasteiger partial charge in [-0.25, -0.2) is 0 Å². The van der Waals surface area contributed by atoms with Crippen molar-refractivity contribution in [2.45, 2.75) is 38.3 Å². The molecule has 1 atom stereocenters. The van der Waals surface area contributed by atoms with Gasteiger partial charge in [-0.3, -0.25) is 9.69 Å². The molecule has 0 radical (unpaired) electrons. The van der Waals surface area contributed by atoms with Crippen molar-refractivity contribution in [3.05, 3.63) is 12.7 Å². The van der Waals surface area contributed by atoms with Crippen molar-refractivity contribution in [2.75, 3.05) is 26.7 Å². The summed E-state index contributed by atoms with van der Waals surface area (Å²) in [7, 11) is 1.95. The summed E-state index contributed by atoms with van der Waals surface area (Å²) >= 11 is 0. The van der Waals surface area contributed by atoms with Gasteiger partial charge in [0, 0.05) is 25.2 Å². The van der Waals surface area contributed by atoms with E-state index in [0.717, 1.165) is 13.0 Å². The van der Waals surface area contributed by atoms with E-state index >= 15 is 0 Å². The van der Waals surface area contributed by atoms with E-state index in [0.29, 0.717) is 13.0 Å². The Morgan fingerprint density at radius 2 is 2.24 bits per heavy atom. The third-order valence-electron chi connectivity index (χ3n) is 3.60. The molecule has 0 spiro atoms. The molecular formula is C13H24N2O2. The van der Waals surface area contributed by atoms with Gasteiger partial charge in [0.15, 0.2) is 0 Å². The molecule has 1 aliphatic heterocycles. The lowest BCUT2D eigenvalue weighted by Crippen LogP contribution is -2.51. The van der Waals surface area contributed by atoms with Crippen LogP contribution in [0.2, 0.25) is 0 Å². The molecule has 1 fully saturated rings. The maximum atomic E-state index is 12.5. The van der Waals surface area contributed by atoms with Gasteiger partial charge in [-0.05, 0) is 33.7 Å². The largest absolute Gasteiger partial charge is 0.396 e. The number of nitrogens with zero attached hydrogens (tertiary/aromatic N) is 2. The van der Waals surface area contributed by atoms with Crippen molar-refractivity contribution in [1.29, 1.82) is 0 Å². The van der Waals surface area contributed by atoms with Crippen LogP contribution in [-0.4, -0.2) is 59.1 Å². The first-order chi connectivity index (χ1) is 7.94. The van der Waals surface area contributed by atoms with Crippen LogP contribution in [0.1, 0.15) is 26.7 Å². The number of amides is 1. The normalized spacial score (nSPS) is 25.8. The highest BCUT2D eigenvalue weighted by Crippen LogP contribution is 2.26. The highest BCUT2D eigenvalue weighted by molar-refractivity contribution is 5.83. The van der Waals surface area contributed by atoms with Crippen LogP contribution in [-0.2, 0) is 4.79 Å². The van der Waals surface area contributed by atoms with E-state index in [2.05, 4.69) is 20.4 Å². The van der Waals surface area contributed by atoms with E-state index in [1.54, 1.807) is 6.08 Å². The average molecular weight is 240 g/mol. The molecule has 0 aliphatic carbocycles. The molecule has 1 N–H and O–H groups in total. The SMILES string of the molecule is C=CCN1C(=O)C(CCO)N(C)CCC1(C)C. The highest BCUT2D eigenvalue weighted by Gasteiger charge is 2.38. The number of hydrogen-bond donors (Lipinski definition) is 1. The van der Waals surface area contributed by atoms with Crippen LogP contribution in [0.4, 0.5) is 0 Å². The Labute approximate surface area is 104 Å². The minimum absolute atomic E-state index is 0.0447. The van der Waals surface area contributed by atoms with E-state index < -0.39 is 0 Å². The summed E-state index contributed by atoms with van der Waals surface area (Å²) in [4.78, 5) is 16.4. The van der Waals surface area contributed by atoms with Gasteiger partial charge >= 0.3 is 0 Å². The summed E-state index contributed by atoms with van der Waals surface area (Å²) < 4.78 is 0. The Hall–Kier alpha value is -0.870. The molecule has 17 heavy (non-hydrogen) atoms. The summed E-state index contributed by atoms with van der Waals surface area (Å²) in [5.41, 5.74) is -0.149. The number of likely N-dealkylation sites (N-methyl/N-ethyl adjacent to an activating group) is 1. The fraction of sp³-hybridized carbons (Fsp3) is 0.769. The van der Waals surface area contributed by atoms with Crippen LogP contribution in [0.15, 0.2) is 12.7 Å². The molecule has 1 heterocycles. The van der Waals surface area contributed by atoms with E-state index in [1.807, 2.05) is 16.8 Å². The lowest BCUT2D eigenvalue weighted by molar-refractivity contribution is -0.139. The topological polar surface area (TPSA) is 43.8 Å². The number of hydrogen-bond acceptors (Lipinski definition) is 3. The van der Waals surface area contributed by atoms with Gasteiger partial charge in [0.1, 0.15) is 0 Å². The second-order valence-corrected chi connectivity index (χ2v) is 5.31. The van der Waals surface area contributed by atoms with Crippen molar-refractivity contribution >= 4 is 5.91 Å². The van der Waals surface area contributed by atoms with Crippen molar-refractivity contribution in [2.24, 2.45) is 0 Å². The molecule has 1 saturated heterocycles.